The molecule has 0 radical (unpaired) electrons. The standard InChI is InChI=1S/C23H20F2N6S/c1-13(19-10-31-22(27-12-28-31)18-7-15(24)2-3-17(18)19)30-5-4-20-21(11-30)32-23(29-20)14-6-16(25)9-26-8-14/h2-3,6-9,12-13,19H,4-5,10-11H2,1H3. The highest BCUT2D eigenvalue weighted by molar-refractivity contribution is 7.15. The van der Waals surface area contributed by atoms with Gasteiger partial charge in [0.25, 0.3) is 0 Å². The van der Waals surface area contributed by atoms with Gasteiger partial charge in [0.2, 0.25) is 0 Å². The number of hydrogen-bond acceptors (Lipinski definition) is 6. The number of halogens is 2. The molecule has 3 aromatic heterocycles. The van der Waals surface area contributed by atoms with Crippen LogP contribution in [0.25, 0.3) is 22.0 Å². The second-order valence-corrected chi connectivity index (χ2v) is 9.43. The van der Waals surface area contributed by atoms with Gasteiger partial charge in [0, 0.05) is 53.7 Å². The van der Waals surface area contributed by atoms with Crippen LogP contribution in [0.1, 0.15) is 29.0 Å². The monoisotopic (exact) mass is 450 g/mol. The van der Waals surface area contributed by atoms with E-state index in [2.05, 4.69) is 26.9 Å². The average Bonchev–Trinajstić information content (AvgIpc) is 3.44. The second kappa shape index (κ2) is 7.53. The Hall–Kier alpha value is -3.04. The largest absolute Gasteiger partial charge is 0.294 e. The Kier molecular flexibility index (Phi) is 4.62. The molecule has 0 fully saturated rings. The molecule has 2 unspecified atom stereocenters. The lowest BCUT2D eigenvalue weighted by Crippen LogP contribution is -2.42. The van der Waals surface area contributed by atoms with Gasteiger partial charge in [0.15, 0.2) is 5.82 Å². The third-order valence-electron chi connectivity index (χ3n) is 6.51. The fraction of sp³-hybridized carbons (Fsp3) is 0.304. The summed E-state index contributed by atoms with van der Waals surface area (Å²) < 4.78 is 29.5. The Bertz CT molecular complexity index is 1320. The van der Waals surface area contributed by atoms with Crippen molar-refractivity contribution in [3.8, 4) is 22.0 Å². The molecular formula is C23H20F2N6S. The Morgan fingerprint density at radius 1 is 1.16 bits per heavy atom. The van der Waals surface area contributed by atoms with Crippen LogP contribution in [0.3, 0.4) is 0 Å². The maximum Gasteiger partial charge on any atom is 0.158 e. The molecule has 2 aliphatic rings. The first kappa shape index (κ1) is 19.6. The van der Waals surface area contributed by atoms with E-state index in [9.17, 15) is 8.78 Å². The minimum atomic E-state index is -0.356. The average molecular weight is 451 g/mol. The minimum Gasteiger partial charge on any atom is -0.294 e. The summed E-state index contributed by atoms with van der Waals surface area (Å²) in [6.07, 6.45) is 5.23. The molecule has 2 aliphatic heterocycles. The van der Waals surface area contributed by atoms with Crippen molar-refractivity contribution in [1.82, 2.24) is 29.6 Å². The first-order chi connectivity index (χ1) is 15.6. The number of hydrogen-bond donors (Lipinski definition) is 0. The van der Waals surface area contributed by atoms with Crippen LogP contribution in [-0.2, 0) is 19.5 Å². The van der Waals surface area contributed by atoms with Gasteiger partial charge in [-0.3, -0.25) is 9.88 Å². The Morgan fingerprint density at radius 3 is 2.94 bits per heavy atom. The predicted molar refractivity (Wildman–Crippen MR) is 117 cm³/mol. The van der Waals surface area contributed by atoms with E-state index in [-0.39, 0.29) is 23.6 Å². The lowest BCUT2D eigenvalue weighted by atomic mass is 9.85. The number of fused-ring (bicyclic) bond motifs is 4. The molecule has 0 N–H and O–H groups in total. The molecular weight excluding hydrogens is 430 g/mol. The van der Waals surface area contributed by atoms with Crippen molar-refractivity contribution in [3.05, 3.63) is 70.8 Å². The van der Waals surface area contributed by atoms with E-state index in [1.165, 1.54) is 29.5 Å². The van der Waals surface area contributed by atoms with Gasteiger partial charge in [-0.05, 0) is 30.7 Å². The molecule has 6 nitrogen and oxygen atoms in total. The zero-order valence-electron chi connectivity index (χ0n) is 17.4. The SMILES string of the molecule is CC(C1Cn2ncnc2-c2cc(F)ccc21)N1CCc2nc(-c3cncc(F)c3)sc2C1. The summed E-state index contributed by atoms with van der Waals surface area (Å²) in [6.45, 7) is 4.61. The van der Waals surface area contributed by atoms with Crippen LogP contribution in [0.5, 0.6) is 0 Å². The quantitative estimate of drug-likeness (QED) is 0.466. The molecule has 0 spiro atoms. The summed E-state index contributed by atoms with van der Waals surface area (Å²) in [4.78, 5) is 16.7. The minimum absolute atomic E-state index is 0.168. The van der Waals surface area contributed by atoms with Crippen LogP contribution in [0, 0.1) is 11.6 Å². The number of aromatic nitrogens is 5. The summed E-state index contributed by atoms with van der Waals surface area (Å²) in [7, 11) is 0. The van der Waals surface area contributed by atoms with Gasteiger partial charge in [-0.2, -0.15) is 5.10 Å². The molecule has 2 atom stereocenters. The molecule has 5 heterocycles. The number of thiazole rings is 1. The molecule has 162 valence electrons. The third-order valence-corrected chi connectivity index (χ3v) is 7.64. The van der Waals surface area contributed by atoms with Crippen molar-refractivity contribution < 1.29 is 8.78 Å². The molecule has 6 rings (SSSR count). The number of pyridine rings is 1. The number of rotatable bonds is 3. The lowest BCUT2D eigenvalue weighted by molar-refractivity contribution is 0.157. The molecule has 9 heteroatoms. The zero-order chi connectivity index (χ0) is 21.8. The molecule has 0 bridgehead atoms. The van der Waals surface area contributed by atoms with Crippen LogP contribution in [0.15, 0.2) is 43.0 Å². The van der Waals surface area contributed by atoms with E-state index in [4.69, 9.17) is 4.98 Å². The predicted octanol–water partition coefficient (Wildman–Crippen LogP) is 4.29. The molecule has 1 aromatic carbocycles. The summed E-state index contributed by atoms with van der Waals surface area (Å²) in [5.74, 6) is 0.268. The summed E-state index contributed by atoms with van der Waals surface area (Å²) in [5, 5.41) is 5.17. The Morgan fingerprint density at radius 2 is 2.06 bits per heavy atom. The van der Waals surface area contributed by atoms with Gasteiger partial charge in [0.05, 0.1) is 18.4 Å². The van der Waals surface area contributed by atoms with Crippen LogP contribution in [-0.4, -0.2) is 42.2 Å². The van der Waals surface area contributed by atoms with Gasteiger partial charge in [0.1, 0.15) is 23.0 Å². The highest BCUT2D eigenvalue weighted by Gasteiger charge is 2.35. The summed E-state index contributed by atoms with van der Waals surface area (Å²) in [5.41, 5.74) is 3.73. The normalized spacial score (nSPS) is 18.7. The van der Waals surface area contributed by atoms with Crippen LogP contribution >= 0.6 is 11.3 Å². The van der Waals surface area contributed by atoms with E-state index in [1.54, 1.807) is 23.6 Å². The van der Waals surface area contributed by atoms with Gasteiger partial charge in [-0.25, -0.2) is 23.4 Å². The van der Waals surface area contributed by atoms with E-state index < -0.39 is 0 Å². The maximum absolute atomic E-state index is 14.0. The van der Waals surface area contributed by atoms with Crippen molar-refractivity contribution in [2.24, 2.45) is 0 Å². The maximum atomic E-state index is 14.0. The first-order valence-electron chi connectivity index (χ1n) is 10.6. The topological polar surface area (TPSA) is 59.7 Å². The Balaban J connectivity index is 1.29. The smallest absolute Gasteiger partial charge is 0.158 e. The van der Waals surface area contributed by atoms with Gasteiger partial charge in [-0.1, -0.05) is 6.07 Å². The van der Waals surface area contributed by atoms with E-state index in [1.807, 2.05) is 10.7 Å². The van der Waals surface area contributed by atoms with E-state index in [0.29, 0.717) is 12.1 Å². The van der Waals surface area contributed by atoms with Gasteiger partial charge >= 0.3 is 0 Å². The third kappa shape index (κ3) is 3.23. The molecule has 0 saturated carbocycles. The molecule has 4 aromatic rings. The van der Waals surface area contributed by atoms with Crippen molar-refractivity contribution in [2.75, 3.05) is 6.54 Å². The molecule has 32 heavy (non-hydrogen) atoms. The fourth-order valence-corrected chi connectivity index (χ4v) is 5.93. The molecule has 0 saturated heterocycles. The second-order valence-electron chi connectivity index (χ2n) is 8.35. The van der Waals surface area contributed by atoms with Crippen LogP contribution in [0.2, 0.25) is 0 Å². The van der Waals surface area contributed by atoms with Crippen molar-refractivity contribution in [2.45, 2.75) is 38.4 Å². The van der Waals surface area contributed by atoms with E-state index >= 15 is 0 Å². The van der Waals surface area contributed by atoms with Gasteiger partial charge < -0.3 is 0 Å². The van der Waals surface area contributed by atoms with E-state index in [0.717, 1.165) is 47.2 Å². The lowest BCUT2D eigenvalue weighted by Gasteiger charge is -2.39. The highest BCUT2D eigenvalue weighted by Crippen LogP contribution is 2.40. The summed E-state index contributed by atoms with van der Waals surface area (Å²) >= 11 is 1.61. The molecule has 0 amide bonds. The van der Waals surface area contributed by atoms with Crippen molar-refractivity contribution in [1.29, 1.82) is 0 Å². The number of nitrogens with zero attached hydrogens (tertiary/aromatic N) is 6. The Labute approximate surface area is 187 Å². The number of benzene rings is 1. The van der Waals surface area contributed by atoms with Crippen LogP contribution < -0.4 is 0 Å². The fourth-order valence-electron chi connectivity index (χ4n) is 4.82. The van der Waals surface area contributed by atoms with Crippen molar-refractivity contribution >= 4 is 11.3 Å². The first-order valence-corrected chi connectivity index (χ1v) is 11.4. The zero-order valence-corrected chi connectivity index (χ0v) is 18.2. The summed E-state index contributed by atoms with van der Waals surface area (Å²) in [6, 6.07) is 6.67. The van der Waals surface area contributed by atoms with Crippen LogP contribution in [0.4, 0.5) is 8.78 Å². The highest BCUT2D eigenvalue weighted by atomic mass is 32.1. The van der Waals surface area contributed by atoms with Gasteiger partial charge in [-0.15, -0.1) is 11.3 Å². The van der Waals surface area contributed by atoms with Crippen molar-refractivity contribution in [3.63, 3.8) is 0 Å². The molecule has 0 aliphatic carbocycles.